The van der Waals surface area contributed by atoms with Crippen molar-refractivity contribution in [2.75, 3.05) is 0 Å². The topological polar surface area (TPSA) is 42.9 Å². The van der Waals surface area contributed by atoms with Gasteiger partial charge in [0.15, 0.2) is 5.78 Å². The molecule has 12 heavy (non-hydrogen) atoms. The average Bonchev–Trinajstić information content (AvgIpc) is 2.24. The third-order valence-electron chi connectivity index (χ3n) is 1.78. The molecule has 0 bridgehead atoms. The maximum Gasteiger partial charge on any atom is 0.199 e. The average molecular weight is 180 g/mol. The fourth-order valence-electron chi connectivity index (χ4n) is 1.13. The van der Waals surface area contributed by atoms with Crippen LogP contribution in [0.1, 0.15) is 24.3 Å². The number of carbonyl (C=O) groups is 1. The number of hydrogen-bond donors (Lipinski definition) is 0. The van der Waals surface area contributed by atoms with Crippen LogP contribution < -0.4 is 0 Å². The molecule has 0 saturated carbocycles. The molecule has 0 N–H and O–H groups in total. The number of fused-ring (bicyclic) bond motifs is 1. The number of Topliss-reactive ketones (excluding diaryl/α,β-unsaturated/α-hetero) is 1. The van der Waals surface area contributed by atoms with E-state index in [4.69, 9.17) is 0 Å². The van der Waals surface area contributed by atoms with Gasteiger partial charge in [0.2, 0.25) is 0 Å². The molecule has 0 atom stereocenters. The molecule has 3 nitrogen and oxygen atoms in total. The molecule has 1 aromatic rings. The highest BCUT2D eigenvalue weighted by atomic mass is 32.2. The smallest absolute Gasteiger partial charge is 0.199 e. The maximum absolute atomic E-state index is 11.6. The number of nitrogens with zero attached hydrogens (tertiary/aromatic N) is 2. The van der Waals surface area contributed by atoms with Gasteiger partial charge in [0.25, 0.3) is 0 Å². The molecule has 62 valence electrons. The summed E-state index contributed by atoms with van der Waals surface area (Å²) in [5.74, 6) is 0.0793. The Morgan fingerprint density at radius 1 is 1.33 bits per heavy atom. The van der Waals surface area contributed by atoms with Crippen LogP contribution in [0.25, 0.3) is 0 Å². The molecule has 0 fully saturated rings. The van der Waals surface area contributed by atoms with E-state index in [9.17, 15) is 4.79 Å². The number of carbonyl (C=O) groups excluding carboxylic acids is 1. The molecular weight excluding hydrogens is 172 g/mol. The van der Waals surface area contributed by atoms with E-state index in [0.717, 1.165) is 5.03 Å². The predicted molar refractivity (Wildman–Crippen MR) is 46.3 cm³/mol. The van der Waals surface area contributed by atoms with Crippen LogP contribution in [0.15, 0.2) is 17.4 Å². The summed E-state index contributed by atoms with van der Waals surface area (Å²) in [6.45, 7) is 3.78. The molecule has 2 heterocycles. The second-order valence-corrected chi connectivity index (χ2v) is 4.76. The molecule has 0 spiro atoms. The number of ketones is 1. The zero-order valence-corrected chi connectivity index (χ0v) is 7.68. The quantitative estimate of drug-likeness (QED) is 0.607. The van der Waals surface area contributed by atoms with E-state index in [0.29, 0.717) is 5.69 Å². The number of thioether (sulfide) groups is 1. The lowest BCUT2D eigenvalue weighted by molar-refractivity contribution is 0.0956. The molecule has 1 aromatic heterocycles. The van der Waals surface area contributed by atoms with Gasteiger partial charge in [-0.3, -0.25) is 4.79 Å². The SMILES string of the molecule is CC1(C)Sc2nccnc2C1=O. The zero-order chi connectivity index (χ0) is 8.77. The first-order chi connectivity index (χ1) is 5.61. The van der Waals surface area contributed by atoms with E-state index in [1.165, 1.54) is 11.8 Å². The van der Waals surface area contributed by atoms with E-state index in [2.05, 4.69) is 9.97 Å². The van der Waals surface area contributed by atoms with Gasteiger partial charge in [-0.1, -0.05) is 11.8 Å². The Hall–Kier alpha value is -0.900. The fourth-order valence-corrected chi connectivity index (χ4v) is 2.16. The summed E-state index contributed by atoms with van der Waals surface area (Å²) >= 11 is 1.48. The van der Waals surface area contributed by atoms with Gasteiger partial charge in [-0.2, -0.15) is 0 Å². The molecule has 0 aliphatic carbocycles. The standard InChI is InChI=1S/C8H8N2OS/c1-8(2)6(11)5-7(12-8)10-4-3-9-5/h3-4H,1-2H3. The third kappa shape index (κ3) is 0.948. The maximum atomic E-state index is 11.6. The van der Waals surface area contributed by atoms with E-state index >= 15 is 0 Å². The Morgan fingerprint density at radius 2 is 2.00 bits per heavy atom. The van der Waals surface area contributed by atoms with Crippen molar-refractivity contribution in [3.8, 4) is 0 Å². The number of rotatable bonds is 0. The van der Waals surface area contributed by atoms with E-state index < -0.39 is 0 Å². The lowest BCUT2D eigenvalue weighted by Crippen LogP contribution is -2.22. The van der Waals surface area contributed by atoms with Gasteiger partial charge in [-0.15, -0.1) is 0 Å². The summed E-state index contributed by atoms with van der Waals surface area (Å²) in [7, 11) is 0. The summed E-state index contributed by atoms with van der Waals surface area (Å²) < 4.78 is -0.385. The molecule has 0 radical (unpaired) electrons. The fraction of sp³-hybridized carbons (Fsp3) is 0.375. The van der Waals surface area contributed by atoms with Gasteiger partial charge in [-0.05, 0) is 13.8 Å². The molecule has 0 amide bonds. The molecule has 1 aliphatic heterocycles. The Balaban J connectivity index is 2.57. The molecule has 1 aliphatic rings. The number of hydrogen-bond acceptors (Lipinski definition) is 4. The van der Waals surface area contributed by atoms with Gasteiger partial charge >= 0.3 is 0 Å². The Kier molecular flexibility index (Phi) is 1.48. The van der Waals surface area contributed by atoms with Gasteiger partial charge in [0, 0.05) is 12.4 Å². The highest BCUT2D eigenvalue weighted by Crippen LogP contribution is 2.41. The molecular formula is C8H8N2OS. The predicted octanol–water partition coefficient (Wildman–Crippen LogP) is 1.54. The molecule has 0 saturated heterocycles. The van der Waals surface area contributed by atoms with Crippen LogP contribution in [0.5, 0.6) is 0 Å². The second kappa shape index (κ2) is 2.29. The zero-order valence-electron chi connectivity index (χ0n) is 6.87. The summed E-state index contributed by atoms with van der Waals surface area (Å²) in [6, 6.07) is 0. The minimum absolute atomic E-state index is 0.0793. The van der Waals surface area contributed by atoms with Crippen LogP contribution in [0.3, 0.4) is 0 Å². The largest absolute Gasteiger partial charge is 0.291 e. The molecule has 0 unspecified atom stereocenters. The molecule has 2 rings (SSSR count). The van der Waals surface area contributed by atoms with Crippen molar-refractivity contribution in [3.63, 3.8) is 0 Å². The first-order valence-corrected chi connectivity index (χ1v) is 4.48. The van der Waals surface area contributed by atoms with E-state index in [1.54, 1.807) is 12.4 Å². The van der Waals surface area contributed by atoms with Crippen molar-refractivity contribution in [2.45, 2.75) is 23.6 Å². The first kappa shape index (κ1) is 7.73. The minimum atomic E-state index is -0.385. The van der Waals surface area contributed by atoms with Crippen LogP contribution in [0.4, 0.5) is 0 Å². The molecule has 4 heteroatoms. The normalized spacial score (nSPS) is 19.3. The highest BCUT2D eigenvalue weighted by Gasteiger charge is 2.40. The Morgan fingerprint density at radius 3 is 2.67 bits per heavy atom. The van der Waals surface area contributed by atoms with Crippen LogP contribution in [0, 0.1) is 0 Å². The van der Waals surface area contributed by atoms with Crippen LogP contribution in [-0.2, 0) is 0 Å². The van der Waals surface area contributed by atoms with Crippen molar-refractivity contribution in [2.24, 2.45) is 0 Å². The van der Waals surface area contributed by atoms with Crippen molar-refractivity contribution >= 4 is 17.5 Å². The summed E-state index contributed by atoms with van der Waals surface area (Å²) in [6.07, 6.45) is 3.17. The van der Waals surface area contributed by atoms with E-state index in [-0.39, 0.29) is 10.5 Å². The Bertz CT molecular complexity index is 349. The van der Waals surface area contributed by atoms with E-state index in [1.807, 2.05) is 13.8 Å². The van der Waals surface area contributed by atoms with Crippen molar-refractivity contribution in [1.82, 2.24) is 9.97 Å². The van der Waals surface area contributed by atoms with Crippen LogP contribution in [0.2, 0.25) is 0 Å². The minimum Gasteiger partial charge on any atom is -0.291 e. The van der Waals surface area contributed by atoms with Crippen molar-refractivity contribution in [3.05, 3.63) is 18.1 Å². The highest BCUT2D eigenvalue weighted by molar-refractivity contribution is 8.02. The lowest BCUT2D eigenvalue weighted by atomic mass is 10.1. The van der Waals surface area contributed by atoms with Gasteiger partial charge < -0.3 is 0 Å². The third-order valence-corrected chi connectivity index (χ3v) is 2.97. The monoisotopic (exact) mass is 180 g/mol. The Labute approximate surface area is 74.6 Å². The summed E-state index contributed by atoms with van der Waals surface area (Å²) in [5.41, 5.74) is 0.521. The lowest BCUT2D eigenvalue weighted by Gasteiger charge is -2.10. The van der Waals surface area contributed by atoms with Crippen LogP contribution in [-0.4, -0.2) is 20.5 Å². The second-order valence-electron chi connectivity index (χ2n) is 3.15. The van der Waals surface area contributed by atoms with Gasteiger partial charge in [-0.25, -0.2) is 9.97 Å². The summed E-state index contributed by atoms with van der Waals surface area (Å²) in [5, 5.41) is 0.757. The van der Waals surface area contributed by atoms with Gasteiger partial charge in [0.1, 0.15) is 10.7 Å². The molecule has 0 aromatic carbocycles. The van der Waals surface area contributed by atoms with Crippen molar-refractivity contribution in [1.29, 1.82) is 0 Å². The first-order valence-electron chi connectivity index (χ1n) is 3.66. The van der Waals surface area contributed by atoms with Gasteiger partial charge in [0.05, 0.1) is 4.75 Å². The van der Waals surface area contributed by atoms with Crippen molar-refractivity contribution < 1.29 is 4.79 Å². The van der Waals surface area contributed by atoms with Crippen LogP contribution >= 0.6 is 11.8 Å². The summed E-state index contributed by atoms with van der Waals surface area (Å²) in [4.78, 5) is 19.7. The number of aromatic nitrogens is 2.